The number of hydrogen-bond donors (Lipinski definition) is 1. The van der Waals surface area contributed by atoms with Crippen molar-refractivity contribution in [2.45, 2.75) is 19.8 Å². The number of sulfonamides is 1. The Balaban J connectivity index is 2.13. The lowest BCUT2D eigenvalue weighted by atomic mass is 10.0. The quantitative estimate of drug-likeness (QED) is 0.752. The Hall–Kier alpha value is -2.54. The normalized spacial score (nSPS) is 12.3. The van der Waals surface area contributed by atoms with E-state index in [1.54, 1.807) is 12.1 Å². The van der Waals surface area contributed by atoms with Crippen molar-refractivity contribution in [2.24, 2.45) is 0 Å². The van der Waals surface area contributed by atoms with Crippen LogP contribution in [0.25, 0.3) is 0 Å². The fourth-order valence-electron chi connectivity index (χ4n) is 2.73. The van der Waals surface area contributed by atoms with E-state index in [0.717, 1.165) is 21.7 Å². The van der Waals surface area contributed by atoms with E-state index in [4.69, 9.17) is 4.74 Å². The SMILES string of the molecule is COc1ccc(C)cc1N(CC(=O)NC[C@@H](C)c1ccccc1)S(C)(=O)=O. The lowest BCUT2D eigenvalue weighted by Gasteiger charge is -2.24. The van der Waals surface area contributed by atoms with Crippen molar-refractivity contribution in [1.29, 1.82) is 0 Å². The predicted octanol–water partition coefficient (Wildman–Crippen LogP) is 2.69. The smallest absolute Gasteiger partial charge is 0.240 e. The molecule has 146 valence electrons. The summed E-state index contributed by atoms with van der Waals surface area (Å²) in [5.74, 6) is 0.151. The van der Waals surface area contributed by atoms with Gasteiger partial charge in [0.1, 0.15) is 12.3 Å². The molecule has 0 aliphatic carbocycles. The van der Waals surface area contributed by atoms with Crippen LogP contribution in [0, 0.1) is 6.92 Å². The summed E-state index contributed by atoms with van der Waals surface area (Å²) >= 11 is 0. The number of methoxy groups -OCH3 is 1. The van der Waals surface area contributed by atoms with Crippen LogP contribution >= 0.6 is 0 Å². The highest BCUT2D eigenvalue weighted by molar-refractivity contribution is 7.92. The van der Waals surface area contributed by atoms with Gasteiger partial charge < -0.3 is 10.1 Å². The topological polar surface area (TPSA) is 75.7 Å². The molecule has 6 nitrogen and oxygen atoms in total. The van der Waals surface area contributed by atoms with E-state index in [0.29, 0.717) is 18.0 Å². The molecule has 7 heteroatoms. The molecule has 2 aromatic carbocycles. The molecule has 0 heterocycles. The summed E-state index contributed by atoms with van der Waals surface area (Å²) in [6.07, 6.45) is 1.08. The summed E-state index contributed by atoms with van der Waals surface area (Å²) in [5, 5.41) is 2.82. The van der Waals surface area contributed by atoms with Gasteiger partial charge in [0.2, 0.25) is 15.9 Å². The molecule has 0 bridgehead atoms. The summed E-state index contributed by atoms with van der Waals surface area (Å²) in [4.78, 5) is 12.4. The van der Waals surface area contributed by atoms with Crippen LogP contribution in [0.1, 0.15) is 24.0 Å². The zero-order valence-corrected chi connectivity index (χ0v) is 16.9. The molecule has 0 aliphatic rings. The molecule has 27 heavy (non-hydrogen) atoms. The first-order valence-corrected chi connectivity index (χ1v) is 10.5. The van der Waals surface area contributed by atoms with Crippen molar-refractivity contribution in [3.63, 3.8) is 0 Å². The lowest BCUT2D eigenvalue weighted by molar-refractivity contribution is -0.119. The summed E-state index contributed by atoms with van der Waals surface area (Å²) < 4.78 is 30.9. The number of hydrogen-bond acceptors (Lipinski definition) is 4. The number of aryl methyl sites for hydroxylation is 1. The van der Waals surface area contributed by atoms with Crippen LogP contribution in [0.4, 0.5) is 5.69 Å². The van der Waals surface area contributed by atoms with Gasteiger partial charge >= 0.3 is 0 Å². The first-order chi connectivity index (χ1) is 12.7. The maximum atomic E-state index is 12.4. The minimum absolute atomic E-state index is 0.121. The van der Waals surface area contributed by atoms with E-state index in [2.05, 4.69) is 5.32 Å². The standard InChI is InChI=1S/C20H26N2O4S/c1-15-10-11-19(26-3)18(12-15)22(27(4,24)25)14-20(23)21-13-16(2)17-8-6-5-7-9-17/h5-12,16H,13-14H2,1-4H3,(H,21,23)/t16-/m1/s1. The van der Waals surface area contributed by atoms with Gasteiger partial charge in [-0.25, -0.2) is 8.42 Å². The highest BCUT2D eigenvalue weighted by atomic mass is 32.2. The van der Waals surface area contributed by atoms with E-state index >= 15 is 0 Å². The van der Waals surface area contributed by atoms with Gasteiger partial charge in [0.25, 0.3) is 0 Å². The van der Waals surface area contributed by atoms with E-state index in [-0.39, 0.29) is 18.4 Å². The van der Waals surface area contributed by atoms with Crippen LogP contribution in [-0.4, -0.2) is 40.8 Å². The molecule has 0 saturated heterocycles. The number of carbonyl (C=O) groups is 1. The zero-order valence-electron chi connectivity index (χ0n) is 16.1. The van der Waals surface area contributed by atoms with Crippen LogP contribution in [-0.2, 0) is 14.8 Å². The van der Waals surface area contributed by atoms with E-state index in [1.807, 2.05) is 50.2 Å². The second-order valence-corrected chi connectivity index (χ2v) is 8.47. The third-order valence-corrected chi connectivity index (χ3v) is 5.39. The molecular weight excluding hydrogens is 364 g/mol. The molecule has 0 spiro atoms. The maximum Gasteiger partial charge on any atom is 0.240 e. The zero-order chi connectivity index (χ0) is 20.0. The number of carbonyl (C=O) groups excluding carboxylic acids is 1. The van der Waals surface area contributed by atoms with Gasteiger partial charge in [0, 0.05) is 6.54 Å². The number of benzene rings is 2. The number of nitrogens with zero attached hydrogens (tertiary/aromatic N) is 1. The summed E-state index contributed by atoms with van der Waals surface area (Å²) in [6.45, 7) is 3.98. The van der Waals surface area contributed by atoms with Gasteiger partial charge in [-0.1, -0.05) is 43.3 Å². The third-order valence-electron chi connectivity index (χ3n) is 4.26. The highest BCUT2D eigenvalue weighted by Crippen LogP contribution is 2.30. The molecule has 2 aromatic rings. The van der Waals surface area contributed by atoms with Gasteiger partial charge in [0.15, 0.2) is 0 Å². The number of anilines is 1. The molecule has 1 N–H and O–H groups in total. The first kappa shape index (κ1) is 20.8. The van der Waals surface area contributed by atoms with Crippen molar-refractivity contribution >= 4 is 21.6 Å². The average Bonchev–Trinajstić information content (AvgIpc) is 2.64. The Morgan fingerprint density at radius 3 is 2.44 bits per heavy atom. The van der Waals surface area contributed by atoms with E-state index < -0.39 is 10.0 Å². The van der Waals surface area contributed by atoms with Gasteiger partial charge in [-0.3, -0.25) is 9.10 Å². The molecule has 1 atom stereocenters. The predicted molar refractivity (Wildman–Crippen MR) is 108 cm³/mol. The molecule has 1 amide bonds. The van der Waals surface area contributed by atoms with Crippen molar-refractivity contribution in [3.8, 4) is 5.75 Å². The fourth-order valence-corrected chi connectivity index (χ4v) is 3.58. The molecule has 0 unspecified atom stereocenters. The third kappa shape index (κ3) is 5.72. The van der Waals surface area contributed by atoms with Crippen molar-refractivity contribution < 1.29 is 17.9 Å². The number of nitrogens with one attached hydrogen (secondary N) is 1. The van der Waals surface area contributed by atoms with Gasteiger partial charge in [0.05, 0.1) is 19.1 Å². The average molecular weight is 391 g/mol. The number of rotatable bonds is 8. The molecule has 0 radical (unpaired) electrons. The van der Waals surface area contributed by atoms with Crippen LogP contribution in [0.3, 0.4) is 0 Å². The van der Waals surface area contributed by atoms with Crippen molar-refractivity contribution in [3.05, 3.63) is 59.7 Å². The molecule has 0 aliphatic heterocycles. The second kappa shape index (κ2) is 8.90. The number of amides is 1. The van der Waals surface area contributed by atoms with Crippen LogP contribution in [0.15, 0.2) is 48.5 Å². The Labute approximate surface area is 161 Å². The highest BCUT2D eigenvalue weighted by Gasteiger charge is 2.24. The Morgan fingerprint density at radius 2 is 1.85 bits per heavy atom. The van der Waals surface area contributed by atoms with Crippen molar-refractivity contribution in [2.75, 3.05) is 30.8 Å². The summed E-state index contributed by atoms with van der Waals surface area (Å²) in [6, 6.07) is 15.0. The van der Waals surface area contributed by atoms with Crippen LogP contribution < -0.4 is 14.4 Å². The van der Waals surface area contributed by atoms with Gasteiger partial charge in [-0.15, -0.1) is 0 Å². The Kier molecular flexibility index (Phi) is 6.85. The second-order valence-electron chi connectivity index (χ2n) is 6.56. The van der Waals surface area contributed by atoms with Gasteiger partial charge in [-0.2, -0.15) is 0 Å². The fraction of sp³-hybridized carbons (Fsp3) is 0.350. The van der Waals surface area contributed by atoms with Crippen LogP contribution in [0.5, 0.6) is 5.75 Å². The van der Waals surface area contributed by atoms with Crippen LogP contribution in [0.2, 0.25) is 0 Å². The molecule has 0 aromatic heterocycles. The number of ether oxygens (including phenoxy) is 1. The van der Waals surface area contributed by atoms with E-state index in [9.17, 15) is 13.2 Å². The minimum atomic E-state index is -3.66. The van der Waals surface area contributed by atoms with Crippen molar-refractivity contribution in [1.82, 2.24) is 5.32 Å². The maximum absolute atomic E-state index is 12.4. The summed E-state index contributed by atoms with van der Waals surface area (Å²) in [5.41, 5.74) is 2.34. The molecule has 0 saturated carbocycles. The van der Waals surface area contributed by atoms with Gasteiger partial charge in [-0.05, 0) is 36.1 Å². The minimum Gasteiger partial charge on any atom is -0.495 e. The molecular formula is C20H26N2O4S. The Morgan fingerprint density at radius 1 is 1.19 bits per heavy atom. The molecule has 0 fully saturated rings. The monoisotopic (exact) mass is 390 g/mol. The van der Waals surface area contributed by atoms with E-state index in [1.165, 1.54) is 7.11 Å². The first-order valence-electron chi connectivity index (χ1n) is 8.66. The molecule has 2 rings (SSSR count). The Bertz CT molecular complexity index is 882. The summed E-state index contributed by atoms with van der Waals surface area (Å²) in [7, 11) is -2.19. The largest absolute Gasteiger partial charge is 0.495 e. The lowest BCUT2D eigenvalue weighted by Crippen LogP contribution is -2.41.